The van der Waals surface area contributed by atoms with Crippen LogP contribution < -0.4 is 4.74 Å². The first-order chi connectivity index (χ1) is 17.5. The second-order valence-corrected chi connectivity index (χ2v) is 10.7. The van der Waals surface area contributed by atoms with Crippen LogP contribution in [0.2, 0.25) is 0 Å². The number of alkyl halides is 3. The van der Waals surface area contributed by atoms with Crippen LogP contribution in [0.25, 0.3) is 11.1 Å². The number of allylic oxidation sites excluding steroid dienone is 4. The first kappa shape index (κ1) is 27.0. The lowest BCUT2D eigenvalue weighted by Gasteiger charge is -2.17. The molecule has 0 aliphatic heterocycles. The summed E-state index contributed by atoms with van der Waals surface area (Å²) in [5.74, 6) is 0.568. The van der Waals surface area contributed by atoms with Crippen LogP contribution in [0, 0.1) is 17.2 Å². The molecule has 1 atom stereocenters. The van der Waals surface area contributed by atoms with Crippen molar-refractivity contribution >= 4 is 0 Å². The molecule has 0 unspecified atom stereocenters. The lowest BCUT2D eigenvalue weighted by Crippen LogP contribution is -2.09. The van der Waals surface area contributed by atoms with Gasteiger partial charge in [0.05, 0.1) is 12.2 Å². The number of hydrogen-bond donors (Lipinski definition) is 0. The lowest BCUT2D eigenvalue weighted by atomic mass is 9.97. The van der Waals surface area contributed by atoms with E-state index in [1.807, 2.05) is 13.0 Å². The van der Waals surface area contributed by atoms with Gasteiger partial charge in [0.15, 0.2) is 0 Å². The molecule has 0 aromatic heterocycles. The maximum Gasteiger partial charge on any atom is 0.417 e. The minimum absolute atomic E-state index is 0.0335. The number of halogens is 4. The molecule has 0 radical (unpaired) electrons. The summed E-state index contributed by atoms with van der Waals surface area (Å²) >= 11 is 0. The van der Waals surface area contributed by atoms with E-state index in [9.17, 15) is 17.6 Å². The van der Waals surface area contributed by atoms with Gasteiger partial charge in [0, 0.05) is 5.56 Å². The van der Waals surface area contributed by atoms with Gasteiger partial charge in [-0.2, -0.15) is 13.2 Å². The van der Waals surface area contributed by atoms with Gasteiger partial charge in [0.1, 0.15) is 23.9 Å². The molecule has 2 aliphatic carbocycles. The van der Waals surface area contributed by atoms with Crippen molar-refractivity contribution in [2.75, 3.05) is 6.61 Å². The molecule has 2 saturated carbocycles. The third kappa shape index (κ3) is 6.85. The van der Waals surface area contributed by atoms with Crippen LogP contribution in [0.5, 0.6) is 5.75 Å². The Morgan fingerprint density at radius 2 is 1.84 bits per heavy atom. The van der Waals surface area contributed by atoms with Crippen molar-refractivity contribution in [1.82, 2.24) is 0 Å². The third-order valence-corrected chi connectivity index (χ3v) is 7.38. The first-order valence-corrected chi connectivity index (χ1v) is 12.8. The van der Waals surface area contributed by atoms with Crippen molar-refractivity contribution in [3.63, 3.8) is 0 Å². The topological polar surface area (TPSA) is 18.5 Å². The van der Waals surface area contributed by atoms with E-state index in [1.165, 1.54) is 35.9 Å². The largest absolute Gasteiger partial charge is 0.494 e. The highest BCUT2D eigenvalue weighted by Gasteiger charge is 2.37. The normalized spacial score (nSPS) is 20.9. The highest BCUT2D eigenvalue weighted by Crippen LogP contribution is 2.48. The molecule has 198 valence electrons. The van der Waals surface area contributed by atoms with E-state index in [4.69, 9.17) is 9.47 Å². The molecule has 4 rings (SSSR count). The summed E-state index contributed by atoms with van der Waals surface area (Å²) < 4.78 is 67.8. The summed E-state index contributed by atoms with van der Waals surface area (Å²) in [6, 6.07) is 7.88. The maximum absolute atomic E-state index is 14.6. The number of ether oxygens (including phenoxy) is 2. The summed E-state index contributed by atoms with van der Waals surface area (Å²) in [4.78, 5) is 0. The summed E-state index contributed by atoms with van der Waals surface area (Å²) in [5, 5.41) is 0. The van der Waals surface area contributed by atoms with Crippen molar-refractivity contribution in [2.45, 2.75) is 65.7 Å². The van der Waals surface area contributed by atoms with Crippen LogP contribution in [-0.4, -0.2) is 6.61 Å². The van der Waals surface area contributed by atoms with Crippen LogP contribution in [-0.2, 0) is 17.5 Å². The Balaban J connectivity index is 1.51. The van der Waals surface area contributed by atoms with Gasteiger partial charge < -0.3 is 9.47 Å². The second kappa shape index (κ2) is 10.8. The van der Waals surface area contributed by atoms with E-state index >= 15 is 0 Å². The minimum atomic E-state index is -4.59. The van der Waals surface area contributed by atoms with Gasteiger partial charge in [-0.1, -0.05) is 38.6 Å². The number of benzene rings is 2. The van der Waals surface area contributed by atoms with Gasteiger partial charge in [0.25, 0.3) is 0 Å². The fraction of sp³-hybridized carbons (Fsp3) is 0.419. The average molecular weight is 515 g/mol. The van der Waals surface area contributed by atoms with Gasteiger partial charge in [-0.25, -0.2) is 4.39 Å². The Labute approximate surface area is 216 Å². The highest BCUT2D eigenvalue weighted by molar-refractivity contribution is 5.70. The SMILES string of the molecule is C=C(/C=C1/C[C@H](C)C/C1=C/C)OCc1cc(-c2ccc(OCCC3(C)CC3)cc2C(F)(F)F)ccc1F. The molecular formula is C31H34F4O2. The zero-order valence-corrected chi connectivity index (χ0v) is 21.7. The molecule has 0 heterocycles. The van der Waals surface area contributed by atoms with Crippen LogP contribution in [0.15, 0.2) is 72.0 Å². The van der Waals surface area contributed by atoms with Crippen molar-refractivity contribution in [3.05, 3.63) is 89.0 Å². The molecule has 0 bridgehead atoms. The summed E-state index contributed by atoms with van der Waals surface area (Å²) in [6.45, 7) is 10.5. The highest BCUT2D eigenvalue weighted by atomic mass is 19.4. The van der Waals surface area contributed by atoms with Gasteiger partial charge in [-0.3, -0.25) is 0 Å². The predicted octanol–water partition coefficient (Wildman–Crippen LogP) is 9.41. The van der Waals surface area contributed by atoms with Crippen LogP contribution >= 0.6 is 0 Å². The molecule has 2 aromatic rings. The molecule has 0 saturated heterocycles. The Morgan fingerprint density at radius 1 is 1.11 bits per heavy atom. The van der Waals surface area contributed by atoms with Crippen molar-refractivity contribution in [1.29, 1.82) is 0 Å². The monoisotopic (exact) mass is 514 g/mol. The number of hydrogen-bond acceptors (Lipinski definition) is 2. The smallest absolute Gasteiger partial charge is 0.417 e. The summed E-state index contributed by atoms with van der Waals surface area (Å²) in [6.07, 6.45) is 4.34. The molecule has 0 N–H and O–H groups in total. The van der Waals surface area contributed by atoms with E-state index in [0.717, 1.165) is 43.7 Å². The molecule has 0 spiro atoms. The zero-order valence-electron chi connectivity index (χ0n) is 21.7. The maximum atomic E-state index is 14.6. The fourth-order valence-electron chi connectivity index (χ4n) is 4.78. The fourth-order valence-corrected chi connectivity index (χ4v) is 4.78. The van der Waals surface area contributed by atoms with Crippen LogP contribution in [0.3, 0.4) is 0 Å². The predicted molar refractivity (Wildman–Crippen MR) is 138 cm³/mol. The van der Waals surface area contributed by atoms with Crippen LogP contribution in [0.4, 0.5) is 17.6 Å². The number of rotatable bonds is 9. The van der Waals surface area contributed by atoms with E-state index in [1.54, 1.807) is 0 Å². The summed E-state index contributed by atoms with van der Waals surface area (Å²) in [5.41, 5.74) is 2.23. The van der Waals surface area contributed by atoms with E-state index in [0.29, 0.717) is 18.3 Å². The molecule has 37 heavy (non-hydrogen) atoms. The van der Waals surface area contributed by atoms with Gasteiger partial charge in [-0.05, 0) is 103 Å². The van der Waals surface area contributed by atoms with Crippen molar-refractivity contribution in [2.24, 2.45) is 11.3 Å². The van der Waals surface area contributed by atoms with Crippen LogP contribution in [0.1, 0.15) is 64.0 Å². The first-order valence-electron chi connectivity index (χ1n) is 12.8. The van der Waals surface area contributed by atoms with Crippen molar-refractivity contribution < 1.29 is 27.0 Å². The molecular weight excluding hydrogens is 480 g/mol. The molecule has 2 aliphatic rings. The standard InChI is InChI=1S/C31H34F4O2/c1-5-22-14-20(2)15-24(22)16-21(3)37-19-25-17-23(6-9-29(25)32)27-8-7-26(18-28(27)31(33,34)35)36-13-12-30(4)10-11-30/h5-9,16-18,20H,3,10-15,19H2,1-2,4H3/b22-5-,24-16-/t20-/m1/s1. The zero-order chi connectivity index (χ0) is 26.8. The molecule has 0 amide bonds. The Kier molecular flexibility index (Phi) is 7.86. The quantitative estimate of drug-likeness (QED) is 0.245. The van der Waals surface area contributed by atoms with Gasteiger partial charge in [0.2, 0.25) is 0 Å². The van der Waals surface area contributed by atoms with E-state index < -0.39 is 17.6 Å². The molecule has 2 fully saturated rings. The molecule has 2 aromatic carbocycles. The summed E-state index contributed by atoms with van der Waals surface area (Å²) in [7, 11) is 0. The lowest BCUT2D eigenvalue weighted by molar-refractivity contribution is -0.137. The Bertz CT molecular complexity index is 1220. The van der Waals surface area contributed by atoms with Crippen molar-refractivity contribution in [3.8, 4) is 16.9 Å². The Morgan fingerprint density at radius 3 is 2.51 bits per heavy atom. The second-order valence-electron chi connectivity index (χ2n) is 10.7. The van der Waals surface area contributed by atoms with Gasteiger partial charge in [-0.15, -0.1) is 0 Å². The molecule has 2 nitrogen and oxygen atoms in total. The molecule has 6 heteroatoms. The van der Waals surface area contributed by atoms with Gasteiger partial charge >= 0.3 is 6.18 Å². The average Bonchev–Trinajstić information content (AvgIpc) is 3.47. The van der Waals surface area contributed by atoms with E-state index in [-0.39, 0.29) is 34.5 Å². The Hall–Kier alpha value is -3.02. The third-order valence-electron chi connectivity index (χ3n) is 7.38. The van der Waals surface area contributed by atoms with E-state index in [2.05, 4.69) is 26.5 Å². The minimum Gasteiger partial charge on any atom is -0.494 e.